The Balaban J connectivity index is 2.06. The number of methoxy groups -OCH3 is 1. The van der Waals surface area contributed by atoms with Crippen molar-refractivity contribution in [2.24, 2.45) is 0 Å². The fraction of sp³-hybridized carbons (Fsp3) is 0.462. The lowest BCUT2D eigenvalue weighted by Gasteiger charge is -2.14. The zero-order valence-corrected chi connectivity index (χ0v) is 9.78. The first-order valence-corrected chi connectivity index (χ1v) is 5.71. The molecule has 1 aromatic heterocycles. The van der Waals surface area contributed by atoms with Crippen molar-refractivity contribution in [2.75, 3.05) is 20.2 Å². The molecule has 1 aliphatic heterocycles. The Labute approximate surface area is 96.7 Å². The largest absolute Gasteiger partial charge is 0.495 e. The summed E-state index contributed by atoms with van der Waals surface area (Å²) in [4.78, 5) is 6.97. The minimum atomic E-state index is 0.628. The minimum Gasteiger partial charge on any atom is -0.495 e. The van der Waals surface area contributed by atoms with Crippen molar-refractivity contribution < 1.29 is 4.74 Å². The van der Waals surface area contributed by atoms with E-state index in [4.69, 9.17) is 4.74 Å². The van der Waals surface area contributed by atoms with E-state index in [2.05, 4.69) is 22.5 Å². The molecule has 1 fully saturated rings. The Bertz CT molecular complexity index is 370. The van der Waals surface area contributed by atoms with Crippen LogP contribution in [-0.4, -0.2) is 30.1 Å². The summed E-state index contributed by atoms with van der Waals surface area (Å²) in [6.07, 6.45) is 2.62. The maximum absolute atomic E-state index is 5.09. The lowest BCUT2D eigenvalue weighted by atomic mass is 10.2. The molecule has 3 nitrogen and oxygen atoms in total. The number of rotatable bonds is 4. The molecule has 0 saturated carbocycles. The van der Waals surface area contributed by atoms with Crippen LogP contribution in [0.5, 0.6) is 0 Å². The minimum absolute atomic E-state index is 0.628. The normalized spacial score (nSPS) is 16.3. The third-order valence-corrected chi connectivity index (χ3v) is 2.92. The zero-order chi connectivity index (χ0) is 11.4. The van der Waals surface area contributed by atoms with Crippen molar-refractivity contribution >= 4 is 5.76 Å². The highest BCUT2D eigenvalue weighted by molar-refractivity contribution is 5.53. The predicted molar refractivity (Wildman–Crippen MR) is 64.8 cm³/mol. The molecule has 0 atom stereocenters. The molecule has 86 valence electrons. The first-order valence-electron chi connectivity index (χ1n) is 5.71. The maximum Gasteiger partial charge on any atom is 0.137 e. The molecular weight excluding hydrogens is 200 g/mol. The third kappa shape index (κ3) is 2.61. The van der Waals surface area contributed by atoms with Crippen molar-refractivity contribution in [1.82, 2.24) is 9.88 Å². The van der Waals surface area contributed by atoms with Crippen LogP contribution in [0.2, 0.25) is 0 Å². The molecule has 0 spiro atoms. The molecule has 3 heteroatoms. The number of aromatic nitrogens is 1. The fourth-order valence-corrected chi connectivity index (χ4v) is 2.00. The van der Waals surface area contributed by atoms with Crippen LogP contribution in [0.3, 0.4) is 0 Å². The highest BCUT2D eigenvalue weighted by Crippen LogP contribution is 2.14. The van der Waals surface area contributed by atoms with E-state index in [0.29, 0.717) is 5.76 Å². The molecule has 2 heterocycles. The van der Waals surface area contributed by atoms with Gasteiger partial charge in [-0.25, -0.2) is 4.98 Å². The second-order valence-corrected chi connectivity index (χ2v) is 4.12. The maximum atomic E-state index is 5.09. The van der Waals surface area contributed by atoms with Crippen molar-refractivity contribution in [3.8, 4) is 0 Å². The molecular formula is C13H18N2O. The zero-order valence-electron chi connectivity index (χ0n) is 9.78. The van der Waals surface area contributed by atoms with E-state index in [1.807, 2.05) is 12.1 Å². The highest BCUT2D eigenvalue weighted by Gasteiger charge is 2.12. The van der Waals surface area contributed by atoms with Gasteiger partial charge in [0.25, 0.3) is 0 Å². The lowest BCUT2D eigenvalue weighted by molar-refractivity contribution is 0.326. The van der Waals surface area contributed by atoms with Gasteiger partial charge < -0.3 is 4.74 Å². The van der Waals surface area contributed by atoms with Crippen molar-refractivity contribution in [1.29, 1.82) is 0 Å². The monoisotopic (exact) mass is 218 g/mol. The smallest absolute Gasteiger partial charge is 0.137 e. The molecule has 0 aliphatic carbocycles. The highest BCUT2D eigenvalue weighted by atomic mass is 16.5. The third-order valence-electron chi connectivity index (χ3n) is 2.92. The van der Waals surface area contributed by atoms with Gasteiger partial charge in [0.2, 0.25) is 0 Å². The van der Waals surface area contributed by atoms with Gasteiger partial charge in [0.05, 0.1) is 12.8 Å². The Hall–Kier alpha value is -1.35. The summed E-state index contributed by atoms with van der Waals surface area (Å²) in [5, 5.41) is 0. The second kappa shape index (κ2) is 5.12. The second-order valence-electron chi connectivity index (χ2n) is 4.12. The number of ether oxygens (including phenoxy) is 1. The van der Waals surface area contributed by atoms with Gasteiger partial charge in [-0.1, -0.05) is 12.6 Å². The number of hydrogen-bond acceptors (Lipinski definition) is 3. The Morgan fingerprint density at radius 1 is 1.44 bits per heavy atom. The van der Waals surface area contributed by atoms with Crippen LogP contribution in [-0.2, 0) is 11.3 Å². The molecule has 16 heavy (non-hydrogen) atoms. The predicted octanol–water partition coefficient (Wildman–Crippen LogP) is 2.29. The summed E-state index contributed by atoms with van der Waals surface area (Å²) in [5.41, 5.74) is 1.93. The molecule has 0 unspecified atom stereocenters. The lowest BCUT2D eigenvalue weighted by Crippen LogP contribution is -2.19. The Morgan fingerprint density at radius 3 is 2.88 bits per heavy atom. The standard InChI is InChI=1S/C13H18N2O/c1-11(16-2)13-7-5-6-12(14-13)10-15-8-3-4-9-15/h5-7H,1,3-4,8-10H2,2H3. The number of hydrogen-bond donors (Lipinski definition) is 0. The van der Waals surface area contributed by atoms with Gasteiger partial charge in [0.15, 0.2) is 0 Å². The Kier molecular flexibility index (Phi) is 3.57. The van der Waals surface area contributed by atoms with Crippen LogP contribution in [0.25, 0.3) is 5.76 Å². The molecule has 1 aromatic rings. The summed E-state index contributed by atoms with van der Waals surface area (Å²) in [6, 6.07) is 6.00. The van der Waals surface area contributed by atoms with Crippen LogP contribution >= 0.6 is 0 Å². The first-order chi connectivity index (χ1) is 7.79. The van der Waals surface area contributed by atoms with Gasteiger partial charge in [-0.15, -0.1) is 0 Å². The van der Waals surface area contributed by atoms with E-state index in [0.717, 1.165) is 17.9 Å². The van der Waals surface area contributed by atoms with E-state index in [9.17, 15) is 0 Å². The molecule has 0 radical (unpaired) electrons. The van der Waals surface area contributed by atoms with Gasteiger partial charge in [0, 0.05) is 6.54 Å². The van der Waals surface area contributed by atoms with Crippen molar-refractivity contribution in [3.05, 3.63) is 36.2 Å². The topological polar surface area (TPSA) is 25.4 Å². The molecule has 0 aromatic carbocycles. The molecule has 1 aliphatic rings. The van der Waals surface area contributed by atoms with Crippen molar-refractivity contribution in [3.63, 3.8) is 0 Å². The average molecular weight is 218 g/mol. The van der Waals surface area contributed by atoms with Gasteiger partial charge in [0.1, 0.15) is 11.5 Å². The number of pyridine rings is 1. The fourth-order valence-electron chi connectivity index (χ4n) is 2.00. The van der Waals surface area contributed by atoms with Crippen LogP contribution in [0.1, 0.15) is 24.2 Å². The Morgan fingerprint density at radius 2 is 2.19 bits per heavy atom. The molecule has 2 rings (SSSR count). The number of nitrogens with zero attached hydrogens (tertiary/aromatic N) is 2. The van der Waals surface area contributed by atoms with Crippen molar-refractivity contribution in [2.45, 2.75) is 19.4 Å². The molecule has 1 saturated heterocycles. The average Bonchev–Trinajstić information content (AvgIpc) is 2.81. The van der Waals surface area contributed by atoms with E-state index in [1.54, 1.807) is 7.11 Å². The van der Waals surface area contributed by atoms with Crippen LogP contribution in [0, 0.1) is 0 Å². The summed E-state index contributed by atoms with van der Waals surface area (Å²) >= 11 is 0. The summed E-state index contributed by atoms with van der Waals surface area (Å²) < 4.78 is 5.09. The van der Waals surface area contributed by atoms with Gasteiger partial charge in [-0.05, 0) is 38.1 Å². The summed E-state index contributed by atoms with van der Waals surface area (Å²) in [6.45, 7) is 7.14. The van der Waals surface area contributed by atoms with E-state index >= 15 is 0 Å². The van der Waals surface area contributed by atoms with Gasteiger partial charge in [-0.3, -0.25) is 4.90 Å². The molecule has 0 N–H and O–H groups in total. The van der Waals surface area contributed by atoms with Gasteiger partial charge >= 0.3 is 0 Å². The van der Waals surface area contributed by atoms with Crippen LogP contribution in [0.15, 0.2) is 24.8 Å². The van der Waals surface area contributed by atoms with Crippen LogP contribution in [0.4, 0.5) is 0 Å². The van der Waals surface area contributed by atoms with Crippen LogP contribution < -0.4 is 0 Å². The first kappa shape index (κ1) is 11.1. The van der Waals surface area contributed by atoms with E-state index in [1.165, 1.54) is 25.9 Å². The molecule has 0 amide bonds. The quantitative estimate of drug-likeness (QED) is 0.725. The van der Waals surface area contributed by atoms with E-state index < -0.39 is 0 Å². The SMILES string of the molecule is C=C(OC)c1cccc(CN2CCCC2)n1. The molecule has 0 bridgehead atoms. The summed E-state index contributed by atoms with van der Waals surface area (Å²) in [7, 11) is 1.62. The van der Waals surface area contributed by atoms with E-state index in [-0.39, 0.29) is 0 Å². The summed E-state index contributed by atoms with van der Waals surface area (Å²) in [5.74, 6) is 0.628. The number of likely N-dealkylation sites (tertiary alicyclic amines) is 1. The van der Waals surface area contributed by atoms with Gasteiger partial charge in [-0.2, -0.15) is 0 Å².